The van der Waals surface area contributed by atoms with Crippen molar-refractivity contribution in [3.8, 4) is 16.9 Å². The molecule has 1 unspecified atom stereocenters. The summed E-state index contributed by atoms with van der Waals surface area (Å²) in [5, 5.41) is 3.35. The second-order valence-corrected chi connectivity index (χ2v) is 10.6. The summed E-state index contributed by atoms with van der Waals surface area (Å²) in [5.41, 5.74) is 10.3. The third-order valence-electron chi connectivity index (χ3n) is 5.29. The Morgan fingerprint density at radius 2 is 1.93 bits per heavy atom. The first-order valence-corrected chi connectivity index (χ1v) is 11.4. The topological polar surface area (TPSA) is 65.6 Å². The van der Waals surface area contributed by atoms with Gasteiger partial charge >= 0.3 is 169 Å². The molecular weight excluding hydrogens is 422 g/mol. The van der Waals surface area contributed by atoms with Gasteiger partial charge in [-0.1, -0.05) is 0 Å². The average molecular weight is 442 g/mol. The molecule has 2 amide bonds. The van der Waals surface area contributed by atoms with Gasteiger partial charge in [0.05, 0.1) is 0 Å². The zero-order chi connectivity index (χ0) is 19.3. The number of hydrazine groups is 1. The standard InChI is InChI=1S/C20H20AsFN4O2/c1-26-19-15-6-16(21-12-8-23-9-12)14(11-2-4-13(22)5-3-11)7-18(15)28-10-17(19)24-25-20(26)27/h2-7,12,21,23-24H,8-10H2,1H3,(H,25,27). The van der Waals surface area contributed by atoms with Crippen LogP contribution in [0.3, 0.4) is 0 Å². The van der Waals surface area contributed by atoms with Crippen LogP contribution in [-0.2, 0) is 0 Å². The van der Waals surface area contributed by atoms with Gasteiger partial charge in [0, 0.05) is 0 Å². The van der Waals surface area contributed by atoms with Crippen molar-refractivity contribution >= 4 is 31.8 Å². The summed E-state index contributed by atoms with van der Waals surface area (Å²) in [7, 11) is 1.76. The number of fused-ring (bicyclic) bond motifs is 2. The molecule has 0 bridgehead atoms. The number of urea groups is 1. The Bertz CT molecular complexity index is 988. The number of hydrogen-bond acceptors (Lipinski definition) is 4. The third-order valence-corrected chi connectivity index (χ3v) is 8.52. The molecule has 2 aromatic carbocycles. The number of ether oxygens (including phenoxy) is 1. The Morgan fingerprint density at radius 1 is 1.14 bits per heavy atom. The fraction of sp³-hybridized carbons (Fsp3) is 0.250. The fourth-order valence-electron chi connectivity index (χ4n) is 3.66. The van der Waals surface area contributed by atoms with Crippen LogP contribution < -0.4 is 25.3 Å². The molecule has 0 aliphatic carbocycles. The van der Waals surface area contributed by atoms with Gasteiger partial charge in [-0.3, -0.25) is 0 Å². The van der Waals surface area contributed by atoms with Crippen LogP contribution in [0.5, 0.6) is 5.75 Å². The second-order valence-electron chi connectivity index (χ2n) is 7.13. The summed E-state index contributed by atoms with van der Waals surface area (Å²) in [6.45, 7) is 2.46. The number of nitrogens with one attached hydrogen (secondary N) is 3. The van der Waals surface area contributed by atoms with Crippen molar-refractivity contribution in [1.29, 1.82) is 0 Å². The van der Waals surface area contributed by atoms with Crippen LogP contribution in [-0.4, -0.2) is 53.4 Å². The quantitative estimate of drug-likeness (QED) is 0.625. The van der Waals surface area contributed by atoms with Gasteiger partial charge in [-0.15, -0.1) is 0 Å². The van der Waals surface area contributed by atoms with Crippen molar-refractivity contribution in [3.63, 3.8) is 0 Å². The molecule has 0 aromatic heterocycles. The van der Waals surface area contributed by atoms with E-state index >= 15 is 0 Å². The Kier molecular flexibility index (Phi) is 4.29. The van der Waals surface area contributed by atoms with Gasteiger partial charge in [0.2, 0.25) is 0 Å². The van der Waals surface area contributed by atoms with Crippen molar-refractivity contribution in [2.75, 3.05) is 26.7 Å². The Labute approximate surface area is 168 Å². The summed E-state index contributed by atoms with van der Waals surface area (Å²) < 4.78 is 21.4. The molecule has 3 N–H and O–H groups in total. The number of carbonyl (C=O) groups excluding carboxylic acids is 1. The van der Waals surface area contributed by atoms with E-state index in [1.165, 1.54) is 16.5 Å². The number of rotatable bonds is 3. The van der Waals surface area contributed by atoms with Crippen LogP contribution in [0.2, 0.25) is 4.71 Å². The summed E-state index contributed by atoms with van der Waals surface area (Å²) in [6, 6.07) is 10.7. The van der Waals surface area contributed by atoms with Crippen molar-refractivity contribution < 1.29 is 13.9 Å². The van der Waals surface area contributed by atoms with E-state index in [0.29, 0.717) is 11.3 Å². The molecule has 1 fully saturated rings. The number of hydrogen-bond donors (Lipinski definition) is 3. The molecule has 144 valence electrons. The normalized spacial score (nSPS) is 18.9. The predicted octanol–water partition coefficient (Wildman–Crippen LogP) is 1.17. The van der Waals surface area contributed by atoms with Crippen LogP contribution in [0, 0.1) is 5.82 Å². The van der Waals surface area contributed by atoms with Crippen LogP contribution in [0.1, 0.15) is 5.56 Å². The molecule has 1 saturated heterocycles. The summed E-state index contributed by atoms with van der Waals surface area (Å²) >= 11 is -0.406. The van der Waals surface area contributed by atoms with E-state index in [1.807, 2.05) is 12.1 Å². The molecule has 28 heavy (non-hydrogen) atoms. The fourth-order valence-corrected chi connectivity index (χ4v) is 6.87. The van der Waals surface area contributed by atoms with Crippen LogP contribution in [0.15, 0.2) is 42.1 Å². The van der Waals surface area contributed by atoms with E-state index in [4.69, 9.17) is 4.74 Å². The predicted molar refractivity (Wildman–Crippen MR) is 107 cm³/mol. The van der Waals surface area contributed by atoms with E-state index < -0.39 is 15.8 Å². The molecule has 0 saturated carbocycles. The van der Waals surface area contributed by atoms with Gasteiger partial charge in [0.25, 0.3) is 0 Å². The molecule has 5 rings (SSSR count). The average Bonchev–Trinajstić information content (AvgIpc) is 2.67. The molecule has 3 aliphatic heterocycles. The summed E-state index contributed by atoms with van der Waals surface area (Å²) in [4.78, 5) is 13.8. The van der Waals surface area contributed by atoms with Crippen molar-refractivity contribution in [2.24, 2.45) is 0 Å². The molecular formula is C20H20AsFN4O2. The van der Waals surface area contributed by atoms with Gasteiger partial charge in [-0.25, -0.2) is 0 Å². The minimum atomic E-state index is -0.406. The Balaban J connectivity index is 1.64. The SMILES string of the molecule is CN1C(=O)NNC2=C1c1cc([AsH]C3CNC3)c(-c3ccc(F)cc3)cc1OC2. The van der Waals surface area contributed by atoms with E-state index in [1.54, 1.807) is 11.9 Å². The zero-order valence-corrected chi connectivity index (χ0v) is 17.4. The number of halogens is 1. The molecule has 3 heterocycles. The summed E-state index contributed by atoms with van der Waals surface area (Å²) in [5.74, 6) is 0.512. The second kappa shape index (κ2) is 6.83. The van der Waals surface area contributed by atoms with E-state index in [2.05, 4.69) is 28.3 Å². The molecule has 6 nitrogen and oxygen atoms in total. The molecule has 0 radical (unpaired) electrons. The van der Waals surface area contributed by atoms with Crippen LogP contribution in [0.4, 0.5) is 9.18 Å². The molecule has 8 heteroatoms. The maximum atomic E-state index is 13.4. The first kappa shape index (κ1) is 17.6. The first-order valence-electron chi connectivity index (χ1n) is 9.17. The molecule has 3 aliphatic rings. The van der Waals surface area contributed by atoms with E-state index in [9.17, 15) is 9.18 Å². The van der Waals surface area contributed by atoms with Crippen molar-refractivity contribution in [2.45, 2.75) is 4.71 Å². The summed E-state index contributed by atoms with van der Waals surface area (Å²) in [6.07, 6.45) is 0. The van der Waals surface area contributed by atoms with Gasteiger partial charge in [0.15, 0.2) is 0 Å². The molecule has 1 atom stereocenters. The molecule has 2 aromatic rings. The Hall–Kier alpha value is -2.50. The zero-order valence-electron chi connectivity index (χ0n) is 15.3. The molecule has 0 spiro atoms. The minimum absolute atomic E-state index is 0.199. The van der Waals surface area contributed by atoms with Crippen LogP contribution >= 0.6 is 0 Å². The van der Waals surface area contributed by atoms with Crippen molar-refractivity contribution in [1.82, 2.24) is 21.1 Å². The van der Waals surface area contributed by atoms with E-state index in [0.717, 1.165) is 46.9 Å². The van der Waals surface area contributed by atoms with Gasteiger partial charge in [0.1, 0.15) is 0 Å². The number of nitrogens with zero attached hydrogens (tertiary/aromatic N) is 1. The van der Waals surface area contributed by atoms with Gasteiger partial charge < -0.3 is 0 Å². The monoisotopic (exact) mass is 442 g/mol. The number of carbonyl (C=O) groups is 1. The van der Waals surface area contributed by atoms with Gasteiger partial charge in [-0.05, 0) is 0 Å². The first-order chi connectivity index (χ1) is 13.6. The maximum absolute atomic E-state index is 13.4. The third kappa shape index (κ3) is 2.95. The van der Waals surface area contributed by atoms with Crippen molar-refractivity contribution in [3.05, 3.63) is 53.5 Å². The Morgan fingerprint density at radius 3 is 2.64 bits per heavy atom. The number of amides is 2. The van der Waals surface area contributed by atoms with Gasteiger partial charge in [-0.2, -0.15) is 0 Å². The number of benzene rings is 2. The van der Waals surface area contributed by atoms with E-state index in [-0.39, 0.29) is 11.8 Å². The van der Waals surface area contributed by atoms with Crippen LogP contribution in [0.25, 0.3) is 16.8 Å².